The number of carbonyl (C=O) groups excluding carboxylic acids is 1. The highest BCUT2D eigenvalue weighted by Crippen LogP contribution is 2.38. The lowest BCUT2D eigenvalue weighted by molar-refractivity contribution is -0.113. The number of hydrogen-bond donors (Lipinski definition) is 0. The molecule has 0 radical (unpaired) electrons. The second-order valence-electron chi connectivity index (χ2n) is 7.96. The number of amides is 1. The van der Waals surface area contributed by atoms with E-state index in [1.807, 2.05) is 69.3 Å². The monoisotopic (exact) mass is 543 g/mol. The summed E-state index contributed by atoms with van der Waals surface area (Å²) in [6.45, 7) is 6.75. The van der Waals surface area contributed by atoms with Gasteiger partial charge in [-0.1, -0.05) is 65.4 Å². The van der Waals surface area contributed by atoms with Crippen molar-refractivity contribution < 1.29 is 14.3 Å². The van der Waals surface area contributed by atoms with E-state index in [1.54, 1.807) is 17.0 Å². The molecule has 4 nitrogen and oxygen atoms in total. The Morgan fingerprint density at radius 3 is 2.46 bits per heavy atom. The van der Waals surface area contributed by atoms with E-state index in [0.717, 1.165) is 22.4 Å². The zero-order valence-corrected chi connectivity index (χ0v) is 22.6. The first kappa shape index (κ1) is 25.6. The van der Waals surface area contributed by atoms with Crippen molar-refractivity contribution in [2.45, 2.75) is 27.4 Å². The van der Waals surface area contributed by atoms with Gasteiger partial charge in [0, 0.05) is 0 Å². The molecule has 180 valence electrons. The smallest absolute Gasteiger partial charge is 0.270 e. The average molecular weight is 545 g/mol. The van der Waals surface area contributed by atoms with Gasteiger partial charge in [0.1, 0.15) is 6.61 Å². The summed E-state index contributed by atoms with van der Waals surface area (Å²) in [5.74, 6) is 1.05. The van der Waals surface area contributed by atoms with Crippen LogP contribution in [0.3, 0.4) is 0 Å². The van der Waals surface area contributed by atoms with Gasteiger partial charge in [0.2, 0.25) is 0 Å². The number of halogens is 2. The molecule has 0 saturated carbocycles. The molecule has 35 heavy (non-hydrogen) atoms. The Hall–Kier alpha value is -2.51. The third kappa shape index (κ3) is 5.84. The lowest BCUT2D eigenvalue weighted by Crippen LogP contribution is -2.27. The largest absolute Gasteiger partial charge is 0.490 e. The molecule has 0 atom stereocenters. The number of benzene rings is 3. The second kappa shape index (κ2) is 11.0. The van der Waals surface area contributed by atoms with Crippen molar-refractivity contribution >= 4 is 69.2 Å². The van der Waals surface area contributed by atoms with Crippen molar-refractivity contribution in [1.29, 1.82) is 0 Å². The Morgan fingerprint density at radius 1 is 0.943 bits per heavy atom. The molecule has 0 aliphatic carbocycles. The summed E-state index contributed by atoms with van der Waals surface area (Å²) in [6.07, 6.45) is 1.83. The Bertz CT molecular complexity index is 1340. The van der Waals surface area contributed by atoms with Crippen LogP contribution in [0.2, 0.25) is 10.0 Å². The first-order chi connectivity index (χ1) is 16.8. The normalized spacial score (nSPS) is 14.7. The molecule has 4 rings (SSSR count). The minimum Gasteiger partial charge on any atom is -0.490 e. The van der Waals surface area contributed by atoms with Gasteiger partial charge in [0.05, 0.1) is 27.2 Å². The molecular formula is C27H23Cl2NO3S2. The van der Waals surface area contributed by atoms with Gasteiger partial charge in [0.25, 0.3) is 5.91 Å². The standard InChI is InChI=1S/C27H23Cl2NO3S2/c1-4-32-24-13-18(7-10-23(24)33-15-19-6-9-21(28)22(29)12-19)14-25-26(31)30(27(34)35-25)20-8-5-16(2)17(3)11-20/h5-14H,4,15H2,1-3H3/b25-14+. The van der Waals surface area contributed by atoms with Gasteiger partial charge >= 0.3 is 0 Å². The molecule has 1 aliphatic heterocycles. The molecule has 0 bridgehead atoms. The molecule has 3 aromatic carbocycles. The number of rotatable bonds is 7. The quantitative estimate of drug-likeness (QED) is 0.223. The maximum atomic E-state index is 13.2. The first-order valence-electron chi connectivity index (χ1n) is 11.0. The van der Waals surface area contributed by atoms with Crippen LogP contribution in [0, 0.1) is 13.8 Å². The predicted molar refractivity (Wildman–Crippen MR) is 150 cm³/mol. The lowest BCUT2D eigenvalue weighted by Gasteiger charge is -2.16. The highest BCUT2D eigenvalue weighted by atomic mass is 35.5. The number of thiocarbonyl (C=S) groups is 1. The van der Waals surface area contributed by atoms with Crippen LogP contribution < -0.4 is 14.4 Å². The summed E-state index contributed by atoms with van der Waals surface area (Å²) in [6, 6.07) is 16.8. The van der Waals surface area contributed by atoms with Crippen molar-refractivity contribution in [2.75, 3.05) is 11.5 Å². The van der Waals surface area contributed by atoms with Crippen LogP contribution in [0.15, 0.2) is 59.5 Å². The molecule has 0 N–H and O–H groups in total. The van der Waals surface area contributed by atoms with E-state index in [9.17, 15) is 4.79 Å². The molecule has 0 aromatic heterocycles. The Morgan fingerprint density at radius 2 is 1.74 bits per heavy atom. The fraction of sp³-hybridized carbons (Fsp3) is 0.185. The molecular weight excluding hydrogens is 521 g/mol. The maximum Gasteiger partial charge on any atom is 0.270 e. The predicted octanol–water partition coefficient (Wildman–Crippen LogP) is 7.99. The second-order valence-corrected chi connectivity index (χ2v) is 10.5. The summed E-state index contributed by atoms with van der Waals surface area (Å²) in [7, 11) is 0. The number of ether oxygens (including phenoxy) is 2. The van der Waals surface area contributed by atoms with Gasteiger partial charge in [-0.15, -0.1) is 0 Å². The summed E-state index contributed by atoms with van der Waals surface area (Å²) in [4.78, 5) is 15.3. The van der Waals surface area contributed by atoms with Crippen molar-refractivity contribution in [3.8, 4) is 11.5 Å². The van der Waals surface area contributed by atoms with Crippen molar-refractivity contribution in [3.63, 3.8) is 0 Å². The van der Waals surface area contributed by atoms with Gasteiger partial charge in [-0.2, -0.15) is 0 Å². The average Bonchev–Trinajstić information content (AvgIpc) is 3.10. The van der Waals surface area contributed by atoms with E-state index in [0.29, 0.717) is 44.0 Å². The minimum absolute atomic E-state index is 0.138. The topological polar surface area (TPSA) is 38.8 Å². The molecule has 1 amide bonds. The Labute approximate surface area is 224 Å². The van der Waals surface area contributed by atoms with Crippen LogP contribution in [0.5, 0.6) is 11.5 Å². The lowest BCUT2D eigenvalue weighted by atomic mass is 10.1. The first-order valence-corrected chi connectivity index (χ1v) is 12.9. The summed E-state index contributed by atoms with van der Waals surface area (Å²) < 4.78 is 12.3. The fourth-order valence-corrected chi connectivity index (χ4v) is 5.12. The number of thioether (sulfide) groups is 1. The zero-order valence-electron chi connectivity index (χ0n) is 19.4. The van der Waals surface area contributed by atoms with Gasteiger partial charge in [-0.25, -0.2) is 0 Å². The third-order valence-corrected chi connectivity index (χ3v) is 7.53. The van der Waals surface area contributed by atoms with E-state index < -0.39 is 0 Å². The van der Waals surface area contributed by atoms with Crippen molar-refractivity contribution in [3.05, 3.63) is 91.8 Å². The molecule has 0 unspecified atom stereocenters. The molecule has 1 heterocycles. The SMILES string of the molecule is CCOc1cc(/C=C2/SC(=S)N(c3ccc(C)c(C)c3)C2=O)ccc1OCc1ccc(Cl)c(Cl)c1. The van der Waals surface area contributed by atoms with E-state index in [2.05, 4.69) is 0 Å². The summed E-state index contributed by atoms with van der Waals surface area (Å²) in [5.41, 5.74) is 4.76. The van der Waals surface area contributed by atoms with Crippen LogP contribution >= 0.6 is 47.2 Å². The van der Waals surface area contributed by atoms with Crippen molar-refractivity contribution in [2.24, 2.45) is 0 Å². The number of carbonyl (C=O) groups is 1. The fourth-order valence-electron chi connectivity index (χ4n) is 3.50. The van der Waals surface area contributed by atoms with Gasteiger partial charge < -0.3 is 9.47 Å². The number of hydrogen-bond acceptors (Lipinski definition) is 5. The zero-order chi connectivity index (χ0) is 25.1. The Balaban J connectivity index is 1.55. The van der Waals surface area contributed by atoms with Gasteiger partial charge in [-0.05, 0) is 85.5 Å². The molecule has 1 aliphatic rings. The number of nitrogens with zero attached hydrogens (tertiary/aromatic N) is 1. The maximum absolute atomic E-state index is 13.2. The van der Waals surface area contributed by atoms with E-state index in [-0.39, 0.29) is 5.91 Å². The third-order valence-electron chi connectivity index (χ3n) is 5.49. The van der Waals surface area contributed by atoms with Crippen LogP contribution in [-0.4, -0.2) is 16.8 Å². The number of anilines is 1. The van der Waals surface area contributed by atoms with Crippen LogP contribution in [0.1, 0.15) is 29.2 Å². The molecule has 0 spiro atoms. The van der Waals surface area contributed by atoms with Gasteiger partial charge in [-0.3, -0.25) is 9.69 Å². The van der Waals surface area contributed by atoms with Crippen LogP contribution in [0.25, 0.3) is 6.08 Å². The Kier molecular flexibility index (Phi) is 8.07. The highest BCUT2D eigenvalue weighted by molar-refractivity contribution is 8.27. The molecule has 1 fully saturated rings. The minimum atomic E-state index is -0.138. The van der Waals surface area contributed by atoms with Gasteiger partial charge in [0.15, 0.2) is 15.8 Å². The van der Waals surface area contributed by atoms with E-state index in [1.165, 1.54) is 17.3 Å². The molecule has 8 heteroatoms. The van der Waals surface area contributed by atoms with E-state index in [4.69, 9.17) is 44.9 Å². The van der Waals surface area contributed by atoms with Crippen molar-refractivity contribution in [1.82, 2.24) is 0 Å². The molecule has 3 aromatic rings. The van der Waals surface area contributed by atoms with Crippen LogP contribution in [-0.2, 0) is 11.4 Å². The highest BCUT2D eigenvalue weighted by Gasteiger charge is 2.33. The summed E-state index contributed by atoms with van der Waals surface area (Å²) >= 11 is 18.9. The van der Waals surface area contributed by atoms with E-state index >= 15 is 0 Å². The summed E-state index contributed by atoms with van der Waals surface area (Å²) in [5, 5.41) is 0.976. The van der Waals surface area contributed by atoms with Crippen LogP contribution in [0.4, 0.5) is 5.69 Å². The number of aryl methyl sites for hydroxylation is 2. The molecule has 1 saturated heterocycles.